The number of hydrogen-bond acceptors (Lipinski definition) is 6. The van der Waals surface area contributed by atoms with Crippen molar-refractivity contribution >= 4 is 17.6 Å². The molecule has 2 amide bonds. The van der Waals surface area contributed by atoms with Crippen LogP contribution in [-0.4, -0.2) is 65.9 Å². The van der Waals surface area contributed by atoms with Gasteiger partial charge in [-0.05, 0) is 31.4 Å². The van der Waals surface area contributed by atoms with Gasteiger partial charge in [0.05, 0.1) is 18.3 Å². The van der Waals surface area contributed by atoms with Gasteiger partial charge in [-0.1, -0.05) is 12.1 Å². The SMILES string of the molecule is CC(=O)N(C)Cc1cc(N(C)C)nc(C2CCCCN2C(=O)COc2ccccc2F)n1. The van der Waals surface area contributed by atoms with Gasteiger partial charge in [0, 0.05) is 40.7 Å². The van der Waals surface area contributed by atoms with E-state index in [1.165, 1.54) is 19.1 Å². The Kier molecular flexibility index (Phi) is 7.61. The lowest BCUT2D eigenvalue weighted by Crippen LogP contribution is -2.42. The highest BCUT2D eigenvalue weighted by atomic mass is 19.1. The van der Waals surface area contributed by atoms with E-state index in [1.807, 2.05) is 25.1 Å². The lowest BCUT2D eigenvalue weighted by atomic mass is 10.0. The van der Waals surface area contributed by atoms with E-state index in [0.717, 1.165) is 19.3 Å². The number of anilines is 1. The second-order valence-electron chi connectivity index (χ2n) is 8.16. The zero-order valence-corrected chi connectivity index (χ0v) is 19.0. The molecule has 3 rings (SSSR count). The summed E-state index contributed by atoms with van der Waals surface area (Å²) in [5, 5.41) is 0. The number of carbonyl (C=O) groups excluding carboxylic acids is 2. The number of aromatic nitrogens is 2. The standard InChI is InChI=1S/C23H30FN5O3/c1-16(30)28(4)14-17-13-21(27(2)3)26-23(25-17)19-10-7-8-12-29(19)22(31)15-32-20-11-6-5-9-18(20)24/h5-6,9,11,13,19H,7-8,10,12,14-15H2,1-4H3. The van der Waals surface area contributed by atoms with Crippen LogP contribution in [0.1, 0.15) is 43.7 Å². The Morgan fingerprint density at radius 2 is 1.94 bits per heavy atom. The summed E-state index contributed by atoms with van der Waals surface area (Å²) >= 11 is 0. The molecule has 172 valence electrons. The smallest absolute Gasteiger partial charge is 0.261 e. The van der Waals surface area contributed by atoms with Gasteiger partial charge < -0.3 is 19.4 Å². The maximum Gasteiger partial charge on any atom is 0.261 e. The Hall–Kier alpha value is -3.23. The third-order valence-electron chi connectivity index (χ3n) is 5.49. The van der Waals surface area contributed by atoms with Crippen LogP contribution in [-0.2, 0) is 16.1 Å². The monoisotopic (exact) mass is 443 g/mol. The Morgan fingerprint density at radius 1 is 1.19 bits per heavy atom. The molecular formula is C23H30FN5O3. The first-order valence-electron chi connectivity index (χ1n) is 10.7. The average Bonchev–Trinajstić information content (AvgIpc) is 2.78. The number of para-hydroxylation sites is 1. The van der Waals surface area contributed by atoms with E-state index in [2.05, 4.69) is 0 Å². The van der Waals surface area contributed by atoms with E-state index < -0.39 is 5.82 Å². The van der Waals surface area contributed by atoms with Gasteiger partial charge in [0.2, 0.25) is 5.91 Å². The molecule has 8 nitrogen and oxygen atoms in total. The first-order valence-corrected chi connectivity index (χ1v) is 10.7. The van der Waals surface area contributed by atoms with Crippen molar-refractivity contribution in [2.45, 2.75) is 38.8 Å². The van der Waals surface area contributed by atoms with Crippen LogP contribution in [0.2, 0.25) is 0 Å². The molecule has 0 spiro atoms. The van der Waals surface area contributed by atoms with E-state index in [4.69, 9.17) is 14.7 Å². The summed E-state index contributed by atoms with van der Waals surface area (Å²) in [6, 6.07) is 7.57. The number of halogens is 1. The molecule has 1 aliphatic rings. The molecule has 2 aromatic rings. The lowest BCUT2D eigenvalue weighted by molar-refractivity contribution is -0.137. The van der Waals surface area contributed by atoms with Crippen LogP contribution >= 0.6 is 0 Å². The molecule has 1 aromatic carbocycles. The summed E-state index contributed by atoms with van der Waals surface area (Å²) in [5.74, 6) is 0.506. The molecule has 0 radical (unpaired) electrons. The van der Waals surface area contributed by atoms with E-state index >= 15 is 0 Å². The van der Waals surface area contributed by atoms with E-state index in [-0.39, 0.29) is 30.2 Å². The average molecular weight is 444 g/mol. The fraction of sp³-hybridized carbons (Fsp3) is 0.478. The van der Waals surface area contributed by atoms with Crippen LogP contribution in [0.3, 0.4) is 0 Å². The van der Waals surface area contributed by atoms with Crippen LogP contribution < -0.4 is 9.64 Å². The quantitative estimate of drug-likeness (QED) is 0.655. The number of benzene rings is 1. The summed E-state index contributed by atoms with van der Waals surface area (Å²) < 4.78 is 19.3. The third-order valence-corrected chi connectivity index (χ3v) is 5.49. The fourth-order valence-electron chi connectivity index (χ4n) is 3.60. The summed E-state index contributed by atoms with van der Waals surface area (Å²) in [5.41, 5.74) is 0.706. The molecule has 1 unspecified atom stereocenters. The predicted molar refractivity (Wildman–Crippen MR) is 119 cm³/mol. The van der Waals surface area contributed by atoms with Gasteiger partial charge in [-0.25, -0.2) is 14.4 Å². The number of ether oxygens (including phenoxy) is 1. The van der Waals surface area contributed by atoms with Crippen molar-refractivity contribution in [1.82, 2.24) is 19.8 Å². The van der Waals surface area contributed by atoms with Crippen LogP contribution in [0.4, 0.5) is 10.2 Å². The zero-order chi connectivity index (χ0) is 23.3. The Bertz CT molecular complexity index is 968. The zero-order valence-electron chi connectivity index (χ0n) is 19.0. The van der Waals surface area contributed by atoms with Crippen molar-refractivity contribution in [2.24, 2.45) is 0 Å². The number of hydrogen-bond donors (Lipinski definition) is 0. The van der Waals surface area contributed by atoms with Gasteiger partial charge in [0.25, 0.3) is 5.91 Å². The minimum Gasteiger partial charge on any atom is -0.481 e. The minimum atomic E-state index is -0.503. The molecule has 2 heterocycles. The lowest BCUT2D eigenvalue weighted by Gasteiger charge is -2.35. The Morgan fingerprint density at radius 3 is 2.62 bits per heavy atom. The van der Waals surface area contributed by atoms with Crippen molar-refractivity contribution in [3.05, 3.63) is 47.7 Å². The highest BCUT2D eigenvalue weighted by Crippen LogP contribution is 2.30. The first kappa shape index (κ1) is 23.4. The molecule has 1 saturated heterocycles. The van der Waals surface area contributed by atoms with Crippen LogP contribution in [0.15, 0.2) is 30.3 Å². The number of likely N-dealkylation sites (tertiary alicyclic amines) is 1. The number of amides is 2. The molecule has 1 aromatic heterocycles. The van der Waals surface area contributed by atoms with Crippen LogP contribution in [0.25, 0.3) is 0 Å². The molecule has 0 aliphatic carbocycles. The van der Waals surface area contributed by atoms with Gasteiger partial charge in [0.15, 0.2) is 24.0 Å². The second-order valence-corrected chi connectivity index (χ2v) is 8.16. The van der Waals surface area contributed by atoms with Gasteiger partial charge in [0.1, 0.15) is 5.82 Å². The maximum atomic E-state index is 13.8. The van der Waals surface area contributed by atoms with E-state index in [1.54, 1.807) is 29.0 Å². The molecular weight excluding hydrogens is 413 g/mol. The predicted octanol–water partition coefficient (Wildman–Crippen LogP) is 2.79. The van der Waals surface area contributed by atoms with Crippen molar-refractivity contribution in [3.8, 4) is 5.75 Å². The normalized spacial score (nSPS) is 15.9. The molecule has 9 heteroatoms. The maximum absolute atomic E-state index is 13.8. The van der Waals surface area contributed by atoms with E-state index in [9.17, 15) is 14.0 Å². The van der Waals surface area contributed by atoms with Gasteiger partial charge in [-0.2, -0.15) is 0 Å². The van der Waals surface area contributed by atoms with E-state index in [0.29, 0.717) is 30.4 Å². The number of carbonyl (C=O) groups is 2. The van der Waals surface area contributed by atoms with Crippen molar-refractivity contribution < 1.29 is 18.7 Å². The van der Waals surface area contributed by atoms with Gasteiger partial charge in [-0.3, -0.25) is 9.59 Å². The summed E-state index contributed by atoms with van der Waals surface area (Å²) in [6.45, 7) is 2.15. The molecule has 1 aliphatic heterocycles. The molecule has 32 heavy (non-hydrogen) atoms. The van der Waals surface area contributed by atoms with Crippen molar-refractivity contribution in [1.29, 1.82) is 0 Å². The molecule has 0 saturated carbocycles. The largest absolute Gasteiger partial charge is 0.481 e. The number of piperidine rings is 1. The molecule has 1 fully saturated rings. The highest BCUT2D eigenvalue weighted by Gasteiger charge is 2.31. The van der Waals surface area contributed by atoms with Gasteiger partial charge >= 0.3 is 0 Å². The molecule has 0 N–H and O–H groups in total. The Balaban J connectivity index is 1.83. The molecule has 1 atom stereocenters. The summed E-state index contributed by atoms with van der Waals surface area (Å²) in [6.07, 6.45) is 2.54. The number of nitrogens with zero attached hydrogens (tertiary/aromatic N) is 5. The fourth-order valence-corrected chi connectivity index (χ4v) is 3.60. The molecule has 0 bridgehead atoms. The van der Waals surface area contributed by atoms with Crippen LogP contribution in [0.5, 0.6) is 5.75 Å². The summed E-state index contributed by atoms with van der Waals surface area (Å²) in [4.78, 5) is 39.2. The topological polar surface area (TPSA) is 78.9 Å². The Labute approximate surface area is 188 Å². The first-order chi connectivity index (χ1) is 15.3. The highest BCUT2D eigenvalue weighted by molar-refractivity contribution is 5.78. The second kappa shape index (κ2) is 10.4. The van der Waals surface area contributed by atoms with Gasteiger partial charge in [-0.15, -0.1) is 0 Å². The summed E-state index contributed by atoms with van der Waals surface area (Å²) in [7, 11) is 5.49. The van der Waals surface area contributed by atoms with Crippen molar-refractivity contribution in [3.63, 3.8) is 0 Å². The van der Waals surface area contributed by atoms with Crippen molar-refractivity contribution in [2.75, 3.05) is 39.2 Å². The minimum absolute atomic E-state index is 0.0508. The number of rotatable bonds is 7. The van der Waals surface area contributed by atoms with Crippen LogP contribution in [0, 0.1) is 5.82 Å². The third kappa shape index (κ3) is 5.72.